The zero-order chi connectivity index (χ0) is 17.4. The van der Waals surface area contributed by atoms with Gasteiger partial charge in [0.25, 0.3) is 5.91 Å². The molecule has 0 aromatic heterocycles. The zero-order valence-electron chi connectivity index (χ0n) is 14.2. The highest BCUT2D eigenvalue weighted by Gasteiger charge is 2.05. The average molecular weight is 329 g/mol. The number of benzene rings is 2. The SMILES string of the molecule is CCOc1cccc(OCC(=O)Nc2ccc(OC(C)C)cc2)c1. The van der Waals surface area contributed by atoms with E-state index in [9.17, 15) is 4.79 Å². The third-order valence-electron chi connectivity index (χ3n) is 3.00. The summed E-state index contributed by atoms with van der Waals surface area (Å²) >= 11 is 0. The van der Waals surface area contributed by atoms with Crippen LogP contribution in [0.15, 0.2) is 48.5 Å². The molecule has 0 fully saturated rings. The number of carbonyl (C=O) groups excluding carboxylic acids is 1. The van der Waals surface area contributed by atoms with Crippen molar-refractivity contribution < 1.29 is 19.0 Å². The molecule has 0 aliphatic heterocycles. The van der Waals surface area contributed by atoms with Crippen LogP contribution in [0.4, 0.5) is 5.69 Å². The van der Waals surface area contributed by atoms with E-state index in [-0.39, 0.29) is 18.6 Å². The molecule has 0 spiro atoms. The Hall–Kier alpha value is -2.69. The second-order valence-corrected chi connectivity index (χ2v) is 5.44. The van der Waals surface area contributed by atoms with Crippen molar-refractivity contribution in [1.82, 2.24) is 0 Å². The molecule has 0 saturated heterocycles. The van der Waals surface area contributed by atoms with Gasteiger partial charge in [0.2, 0.25) is 0 Å². The Balaban J connectivity index is 1.83. The van der Waals surface area contributed by atoms with Crippen molar-refractivity contribution in [2.45, 2.75) is 26.9 Å². The lowest BCUT2D eigenvalue weighted by Gasteiger charge is -2.11. The van der Waals surface area contributed by atoms with Crippen LogP contribution in [0, 0.1) is 0 Å². The first-order chi connectivity index (χ1) is 11.6. The quantitative estimate of drug-likeness (QED) is 0.798. The second kappa shape index (κ2) is 8.82. The molecule has 0 aliphatic carbocycles. The summed E-state index contributed by atoms with van der Waals surface area (Å²) in [7, 11) is 0. The molecule has 2 aromatic rings. The molecule has 24 heavy (non-hydrogen) atoms. The Morgan fingerprint density at radius 2 is 1.67 bits per heavy atom. The lowest BCUT2D eigenvalue weighted by Crippen LogP contribution is -2.20. The van der Waals surface area contributed by atoms with Gasteiger partial charge < -0.3 is 19.5 Å². The van der Waals surface area contributed by atoms with E-state index < -0.39 is 0 Å². The van der Waals surface area contributed by atoms with Crippen molar-refractivity contribution in [3.8, 4) is 17.2 Å². The van der Waals surface area contributed by atoms with Gasteiger partial charge in [-0.2, -0.15) is 0 Å². The minimum Gasteiger partial charge on any atom is -0.494 e. The fraction of sp³-hybridized carbons (Fsp3) is 0.316. The van der Waals surface area contributed by atoms with Gasteiger partial charge in [-0.25, -0.2) is 0 Å². The van der Waals surface area contributed by atoms with Crippen LogP contribution < -0.4 is 19.5 Å². The smallest absolute Gasteiger partial charge is 0.262 e. The number of amides is 1. The van der Waals surface area contributed by atoms with E-state index in [4.69, 9.17) is 14.2 Å². The van der Waals surface area contributed by atoms with Gasteiger partial charge in [-0.05, 0) is 57.2 Å². The number of ether oxygens (including phenoxy) is 3. The van der Waals surface area contributed by atoms with Gasteiger partial charge in [0.05, 0.1) is 12.7 Å². The van der Waals surface area contributed by atoms with Gasteiger partial charge in [0, 0.05) is 11.8 Å². The van der Waals surface area contributed by atoms with Crippen LogP contribution in [0.5, 0.6) is 17.2 Å². The van der Waals surface area contributed by atoms with Crippen molar-refractivity contribution in [2.75, 3.05) is 18.5 Å². The predicted octanol–water partition coefficient (Wildman–Crippen LogP) is 3.89. The summed E-state index contributed by atoms with van der Waals surface area (Å²) in [5, 5.41) is 2.78. The largest absolute Gasteiger partial charge is 0.494 e. The number of hydrogen-bond acceptors (Lipinski definition) is 4. The molecular formula is C19H23NO4. The van der Waals surface area contributed by atoms with E-state index in [1.54, 1.807) is 24.3 Å². The fourth-order valence-corrected chi connectivity index (χ4v) is 2.06. The van der Waals surface area contributed by atoms with Crippen molar-refractivity contribution in [1.29, 1.82) is 0 Å². The molecule has 0 atom stereocenters. The Morgan fingerprint density at radius 1 is 1.00 bits per heavy atom. The number of rotatable bonds is 8. The first-order valence-electron chi connectivity index (χ1n) is 7.99. The maximum Gasteiger partial charge on any atom is 0.262 e. The summed E-state index contributed by atoms with van der Waals surface area (Å²) in [6.45, 7) is 6.36. The molecule has 5 nitrogen and oxygen atoms in total. The van der Waals surface area contributed by atoms with E-state index in [2.05, 4.69) is 5.32 Å². The minimum atomic E-state index is -0.227. The molecule has 0 unspecified atom stereocenters. The molecule has 0 radical (unpaired) electrons. The van der Waals surface area contributed by atoms with Gasteiger partial charge in [-0.3, -0.25) is 4.79 Å². The van der Waals surface area contributed by atoms with Crippen molar-refractivity contribution in [2.24, 2.45) is 0 Å². The first kappa shape index (κ1) is 17.7. The molecular weight excluding hydrogens is 306 g/mol. The molecule has 1 N–H and O–H groups in total. The topological polar surface area (TPSA) is 56.8 Å². The van der Waals surface area contributed by atoms with Gasteiger partial charge in [-0.15, -0.1) is 0 Å². The monoisotopic (exact) mass is 329 g/mol. The first-order valence-corrected chi connectivity index (χ1v) is 7.99. The van der Waals surface area contributed by atoms with Crippen molar-refractivity contribution >= 4 is 11.6 Å². The number of carbonyl (C=O) groups is 1. The summed E-state index contributed by atoms with van der Waals surface area (Å²) in [5.74, 6) is 1.86. The van der Waals surface area contributed by atoms with Crippen LogP contribution in [-0.2, 0) is 4.79 Å². The van der Waals surface area contributed by atoms with E-state index in [1.807, 2.05) is 45.0 Å². The zero-order valence-corrected chi connectivity index (χ0v) is 14.2. The maximum absolute atomic E-state index is 12.0. The van der Waals surface area contributed by atoms with Gasteiger partial charge in [-0.1, -0.05) is 6.07 Å². The highest BCUT2D eigenvalue weighted by molar-refractivity contribution is 5.91. The average Bonchev–Trinajstić information content (AvgIpc) is 2.55. The highest BCUT2D eigenvalue weighted by Crippen LogP contribution is 2.20. The van der Waals surface area contributed by atoms with Crippen LogP contribution in [0.25, 0.3) is 0 Å². The number of nitrogens with one attached hydrogen (secondary N) is 1. The summed E-state index contributed by atoms with van der Waals surface area (Å²) in [6, 6.07) is 14.5. The Morgan fingerprint density at radius 3 is 2.29 bits per heavy atom. The molecule has 0 bridgehead atoms. The highest BCUT2D eigenvalue weighted by atomic mass is 16.5. The third-order valence-corrected chi connectivity index (χ3v) is 3.00. The summed E-state index contributed by atoms with van der Waals surface area (Å²) in [6.07, 6.45) is 0.117. The van der Waals surface area contributed by atoms with Crippen LogP contribution in [0.1, 0.15) is 20.8 Å². The van der Waals surface area contributed by atoms with Gasteiger partial charge >= 0.3 is 0 Å². The molecule has 128 valence electrons. The van der Waals surface area contributed by atoms with Crippen molar-refractivity contribution in [3.63, 3.8) is 0 Å². The fourth-order valence-electron chi connectivity index (χ4n) is 2.06. The molecule has 0 saturated carbocycles. The molecule has 2 aromatic carbocycles. The minimum absolute atomic E-state index is 0.0696. The normalized spacial score (nSPS) is 10.3. The molecule has 5 heteroatoms. The van der Waals surface area contributed by atoms with Crippen LogP contribution in [0.2, 0.25) is 0 Å². The maximum atomic E-state index is 12.0. The number of hydrogen-bond donors (Lipinski definition) is 1. The Kier molecular flexibility index (Phi) is 6.49. The molecule has 1 amide bonds. The standard InChI is InChI=1S/C19H23NO4/c1-4-22-17-6-5-7-18(12-17)23-13-19(21)20-15-8-10-16(11-9-15)24-14(2)3/h5-12,14H,4,13H2,1-3H3,(H,20,21). The summed E-state index contributed by atoms with van der Waals surface area (Å²) < 4.78 is 16.4. The third kappa shape index (κ3) is 5.83. The molecule has 2 rings (SSSR count). The molecule has 0 heterocycles. The molecule has 0 aliphatic rings. The Labute approximate surface area is 142 Å². The van der Waals surface area contributed by atoms with Crippen LogP contribution >= 0.6 is 0 Å². The lowest BCUT2D eigenvalue weighted by molar-refractivity contribution is -0.118. The summed E-state index contributed by atoms with van der Waals surface area (Å²) in [4.78, 5) is 12.0. The van der Waals surface area contributed by atoms with E-state index in [0.29, 0.717) is 18.0 Å². The number of anilines is 1. The van der Waals surface area contributed by atoms with Gasteiger partial charge in [0.15, 0.2) is 6.61 Å². The van der Waals surface area contributed by atoms with Crippen LogP contribution in [-0.4, -0.2) is 25.2 Å². The van der Waals surface area contributed by atoms with Crippen LogP contribution in [0.3, 0.4) is 0 Å². The van der Waals surface area contributed by atoms with Crippen molar-refractivity contribution in [3.05, 3.63) is 48.5 Å². The second-order valence-electron chi connectivity index (χ2n) is 5.44. The Bertz CT molecular complexity index is 653. The summed E-state index contributed by atoms with van der Waals surface area (Å²) in [5.41, 5.74) is 0.697. The predicted molar refractivity (Wildman–Crippen MR) is 93.9 cm³/mol. The van der Waals surface area contributed by atoms with E-state index >= 15 is 0 Å². The van der Waals surface area contributed by atoms with E-state index in [0.717, 1.165) is 11.5 Å². The van der Waals surface area contributed by atoms with E-state index in [1.165, 1.54) is 0 Å². The van der Waals surface area contributed by atoms with Gasteiger partial charge in [0.1, 0.15) is 17.2 Å². The lowest BCUT2D eigenvalue weighted by atomic mass is 10.3.